The Balaban J connectivity index is 1.80. The Hall–Kier alpha value is -2.77. The van der Waals surface area contributed by atoms with E-state index in [4.69, 9.17) is 14.2 Å². The molecule has 1 atom stereocenters. The van der Waals surface area contributed by atoms with Crippen LogP contribution in [0, 0.1) is 0 Å². The molecule has 1 aliphatic rings. The summed E-state index contributed by atoms with van der Waals surface area (Å²) in [5, 5.41) is 0. The summed E-state index contributed by atoms with van der Waals surface area (Å²) in [4.78, 5) is 33.6. The van der Waals surface area contributed by atoms with Gasteiger partial charge < -0.3 is 14.2 Å². The number of carbonyl (C=O) groups is 3. The molecule has 8 heteroatoms. The zero-order valence-corrected chi connectivity index (χ0v) is 11.3. The van der Waals surface area contributed by atoms with Crippen LogP contribution >= 0.6 is 0 Å². The molecule has 2 rings (SSSR count). The van der Waals surface area contributed by atoms with Crippen molar-refractivity contribution in [2.75, 3.05) is 13.2 Å². The highest BCUT2D eigenvalue weighted by Crippen LogP contribution is 2.30. The van der Waals surface area contributed by atoms with Crippen molar-refractivity contribution in [2.45, 2.75) is 13.0 Å². The van der Waals surface area contributed by atoms with E-state index < -0.39 is 30.5 Å². The lowest BCUT2D eigenvalue weighted by Gasteiger charge is -2.24. The van der Waals surface area contributed by atoms with Crippen molar-refractivity contribution in [3.63, 3.8) is 0 Å². The van der Waals surface area contributed by atoms with Crippen LogP contribution in [-0.2, 0) is 19.1 Å². The first-order chi connectivity index (χ1) is 10.1. The van der Waals surface area contributed by atoms with E-state index in [1.54, 1.807) is 24.3 Å². The number of para-hydroxylation sites is 2. The van der Waals surface area contributed by atoms with Gasteiger partial charge in [-0.3, -0.25) is 20.4 Å². The van der Waals surface area contributed by atoms with E-state index in [1.807, 2.05) is 0 Å². The Bertz CT molecular complexity index is 559. The molecular formula is C13H14N2O6. The second-order valence-corrected chi connectivity index (χ2v) is 4.20. The maximum atomic E-state index is 11.8. The zero-order valence-electron chi connectivity index (χ0n) is 11.3. The molecule has 0 saturated heterocycles. The third-order valence-corrected chi connectivity index (χ3v) is 2.49. The normalized spacial score (nSPS) is 15.8. The molecule has 21 heavy (non-hydrogen) atoms. The van der Waals surface area contributed by atoms with Gasteiger partial charge in [0.15, 0.2) is 18.1 Å². The lowest BCUT2D eigenvalue weighted by Crippen LogP contribution is -2.44. The van der Waals surface area contributed by atoms with Crippen LogP contribution in [0.2, 0.25) is 0 Å². The van der Waals surface area contributed by atoms with Gasteiger partial charge in [-0.1, -0.05) is 12.1 Å². The molecule has 0 radical (unpaired) electrons. The predicted octanol–water partition coefficient (Wildman–Crippen LogP) is -0.463. The number of hydrogen-bond acceptors (Lipinski definition) is 6. The SMILES string of the molecule is CC(=O)NNC(=O)COC(=O)[C@H]1COc2ccccc2O1. The molecule has 0 aromatic heterocycles. The number of hydrazine groups is 1. The first-order valence-corrected chi connectivity index (χ1v) is 6.17. The van der Waals surface area contributed by atoms with Crippen LogP contribution in [0.3, 0.4) is 0 Å². The van der Waals surface area contributed by atoms with Crippen LogP contribution in [0.25, 0.3) is 0 Å². The third kappa shape index (κ3) is 4.10. The second kappa shape index (κ2) is 6.60. The fourth-order valence-electron chi connectivity index (χ4n) is 1.56. The molecule has 1 heterocycles. The van der Waals surface area contributed by atoms with Crippen molar-refractivity contribution in [3.05, 3.63) is 24.3 Å². The summed E-state index contributed by atoms with van der Waals surface area (Å²) in [6.07, 6.45) is -0.937. The molecule has 1 aromatic carbocycles. The van der Waals surface area contributed by atoms with Crippen molar-refractivity contribution in [2.24, 2.45) is 0 Å². The van der Waals surface area contributed by atoms with Crippen LogP contribution in [0.15, 0.2) is 24.3 Å². The van der Waals surface area contributed by atoms with Gasteiger partial charge in [0.25, 0.3) is 5.91 Å². The van der Waals surface area contributed by atoms with Gasteiger partial charge in [0.05, 0.1) is 0 Å². The molecule has 1 aromatic rings. The zero-order chi connectivity index (χ0) is 15.2. The smallest absolute Gasteiger partial charge is 0.351 e. The van der Waals surface area contributed by atoms with Gasteiger partial charge in [-0.2, -0.15) is 0 Å². The lowest BCUT2D eigenvalue weighted by molar-refractivity contribution is -0.158. The monoisotopic (exact) mass is 294 g/mol. The Morgan fingerprint density at radius 3 is 2.67 bits per heavy atom. The average molecular weight is 294 g/mol. The van der Waals surface area contributed by atoms with E-state index in [2.05, 4.69) is 10.9 Å². The van der Waals surface area contributed by atoms with Gasteiger partial charge in [-0.05, 0) is 12.1 Å². The van der Waals surface area contributed by atoms with Gasteiger partial charge in [-0.15, -0.1) is 0 Å². The fourth-order valence-corrected chi connectivity index (χ4v) is 1.56. The molecule has 1 aliphatic heterocycles. The molecule has 112 valence electrons. The van der Waals surface area contributed by atoms with Crippen LogP contribution in [-0.4, -0.2) is 37.1 Å². The number of hydrogen-bond donors (Lipinski definition) is 2. The third-order valence-electron chi connectivity index (χ3n) is 2.49. The van der Waals surface area contributed by atoms with Gasteiger partial charge in [0, 0.05) is 6.92 Å². The largest absolute Gasteiger partial charge is 0.485 e. The standard InChI is InChI=1S/C13H14N2O6/c1-8(16)14-15-12(17)7-20-13(18)11-6-19-9-4-2-3-5-10(9)21-11/h2-5,11H,6-7H2,1H3,(H,14,16)(H,15,17)/t11-/m1/s1. The van der Waals surface area contributed by atoms with Crippen LogP contribution < -0.4 is 20.3 Å². The average Bonchev–Trinajstić information content (AvgIpc) is 2.50. The van der Waals surface area contributed by atoms with Crippen molar-refractivity contribution < 1.29 is 28.6 Å². The molecule has 0 saturated carbocycles. The van der Waals surface area contributed by atoms with Gasteiger partial charge in [-0.25, -0.2) is 4.79 Å². The molecule has 0 aliphatic carbocycles. The highest BCUT2D eigenvalue weighted by atomic mass is 16.6. The summed E-state index contributed by atoms with van der Waals surface area (Å²) >= 11 is 0. The van der Waals surface area contributed by atoms with Crippen LogP contribution in [0.4, 0.5) is 0 Å². The number of esters is 1. The number of benzene rings is 1. The quantitative estimate of drug-likeness (QED) is 0.577. The van der Waals surface area contributed by atoms with E-state index in [1.165, 1.54) is 6.92 Å². The summed E-state index contributed by atoms with van der Waals surface area (Å²) in [6.45, 7) is 0.709. The minimum atomic E-state index is -0.937. The lowest BCUT2D eigenvalue weighted by atomic mass is 10.2. The number of rotatable bonds is 3. The molecule has 8 nitrogen and oxygen atoms in total. The van der Waals surface area contributed by atoms with E-state index in [0.717, 1.165) is 0 Å². The minimum absolute atomic E-state index is 0.00314. The Kier molecular flexibility index (Phi) is 4.60. The topological polar surface area (TPSA) is 103 Å². The van der Waals surface area contributed by atoms with Crippen molar-refractivity contribution >= 4 is 17.8 Å². The summed E-state index contributed by atoms with van der Waals surface area (Å²) < 4.78 is 15.6. The molecule has 0 fully saturated rings. The minimum Gasteiger partial charge on any atom is -0.485 e. The van der Waals surface area contributed by atoms with Gasteiger partial charge in [0.1, 0.15) is 6.61 Å². The highest BCUT2D eigenvalue weighted by molar-refractivity contribution is 5.84. The molecule has 2 N–H and O–H groups in total. The number of carbonyl (C=O) groups excluding carboxylic acids is 3. The van der Waals surface area contributed by atoms with Crippen LogP contribution in [0.1, 0.15) is 6.92 Å². The Morgan fingerprint density at radius 1 is 1.24 bits per heavy atom. The van der Waals surface area contributed by atoms with Crippen molar-refractivity contribution in [3.8, 4) is 11.5 Å². The molecule has 0 unspecified atom stereocenters. The summed E-state index contributed by atoms with van der Waals surface area (Å²) in [5.74, 6) is -0.827. The first-order valence-electron chi connectivity index (χ1n) is 6.17. The second-order valence-electron chi connectivity index (χ2n) is 4.20. The number of amides is 2. The van der Waals surface area contributed by atoms with E-state index in [9.17, 15) is 14.4 Å². The van der Waals surface area contributed by atoms with Crippen molar-refractivity contribution in [1.82, 2.24) is 10.9 Å². The van der Waals surface area contributed by atoms with E-state index in [-0.39, 0.29) is 6.61 Å². The van der Waals surface area contributed by atoms with Crippen molar-refractivity contribution in [1.29, 1.82) is 0 Å². The predicted molar refractivity (Wildman–Crippen MR) is 69.3 cm³/mol. The van der Waals surface area contributed by atoms with Gasteiger partial charge in [0.2, 0.25) is 12.0 Å². The van der Waals surface area contributed by atoms with Gasteiger partial charge >= 0.3 is 5.97 Å². The summed E-state index contributed by atoms with van der Waals surface area (Å²) in [5.41, 5.74) is 4.14. The summed E-state index contributed by atoms with van der Waals surface area (Å²) in [6, 6.07) is 6.92. The van der Waals surface area contributed by atoms with Crippen LogP contribution in [0.5, 0.6) is 11.5 Å². The molecule has 0 spiro atoms. The Morgan fingerprint density at radius 2 is 1.95 bits per heavy atom. The summed E-state index contributed by atoms with van der Waals surface area (Å²) in [7, 11) is 0. The molecule has 0 bridgehead atoms. The van der Waals surface area contributed by atoms with E-state index >= 15 is 0 Å². The number of fused-ring (bicyclic) bond motifs is 1. The number of ether oxygens (including phenoxy) is 3. The first kappa shape index (κ1) is 14.6. The fraction of sp³-hybridized carbons (Fsp3) is 0.308. The number of nitrogens with one attached hydrogen (secondary N) is 2. The highest BCUT2D eigenvalue weighted by Gasteiger charge is 2.29. The maximum Gasteiger partial charge on any atom is 0.351 e. The van der Waals surface area contributed by atoms with E-state index in [0.29, 0.717) is 11.5 Å². The maximum absolute atomic E-state index is 11.8. The molecule has 2 amide bonds. The Labute approximate surface area is 120 Å². The molecular weight excluding hydrogens is 280 g/mol.